The predicted molar refractivity (Wildman–Crippen MR) is 229 cm³/mol. The van der Waals surface area contributed by atoms with E-state index in [1.807, 2.05) is 24.3 Å². The molecule has 258 valence electrons. The Kier molecular flexibility index (Phi) is 7.17. The highest BCUT2D eigenvalue weighted by atomic mass is 16.3. The van der Waals surface area contributed by atoms with Gasteiger partial charge in [0, 0.05) is 44.7 Å². The monoisotopic (exact) mass is 703 g/mol. The number of furan rings is 2. The largest absolute Gasteiger partial charge is 0.456 e. The summed E-state index contributed by atoms with van der Waals surface area (Å²) in [5.41, 5.74) is 13.7. The number of para-hydroxylation sites is 2. The van der Waals surface area contributed by atoms with Crippen LogP contribution in [0.5, 0.6) is 0 Å². The fraction of sp³-hybridized carbons (Fsp3) is 0. The third-order valence-corrected chi connectivity index (χ3v) is 10.9. The first-order valence-corrected chi connectivity index (χ1v) is 18.6. The molecule has 11 aromatic rings. The zero-order valence-corrected chi connectivity index (χ0v) is 29.8. The standard InChI is InChI=1S/C52H33NO2/c1-2-9-37-31-40(17-16-34(37)8-1)39-11-7-10-38(30-39)35-18-23-42(24-19-35)53(44-27-29-48-46-13-4-6-15-50(46)55-52(48)33-44)43-25-20-36(21-26-43)41-22-28-47-45-12-3-5-14-49(45)54-51(47)32-41/h1-33H. The summed E-state index contributed by atoms with van der Waals surface area (Å²) in [5, 5.41) is 7.00. The summed E-state index contributed by atoms with van der Waals surface area (Å²) in [6.45, 7) is 0. The third-order valence-electron chi connectivity index (χ3n) is 10.9. The van der Waals surface area contributed by atoms with E-state index < -0.39 is 0 Å². The lowest BCUT2D eigenvalue weighted by Crippen LogP contribution is -2.09. The van der Waals surface area contributed by atoms with Gasteiger partial charge >= 0.3 is 0 Å². The van der Waals surface area contributed by atoms with E-state index in [2.05, 4.69) is 181 Å². The Morgan fingerprint density at radius 3 is 1.38 bits per heavy atom. The number of benzene rings is 9. The van der Waals surface area contributed by atoms with Gasteiger partial charge in [0.05, 0.1) is 0 Å². The van der Waals surface area contributed by atoms with Gasteiger partial charge in [-0.25, -0.2) is 0 Å². The molecule has 3 nitrogen and oxygen atoms in total. The normalized spacial score (nSPS) is 11.6. The number of fused-ring (bicyclic) bond motifs is 7. The van der Waals surface area contributed by atoms with Crippen LogP contribution >= 0.6 is 0 Å². The van der Waals surface area contributed by atoms with E-state index in [0.29, 0.717) is 0 Å². The summed E-state index contributed by atoms with van der Waals surface area (Å²) in [5.74, 6) is 0. The first-order valence-electron chi connectivity index (χ1n) is 18.6. The van der Waals surface area contributed by atoms with Crippen molar-refractivity contribution in [2.24, 2.45) is 0 Å². The second-order valence-electron chi connectivity index (χ2n) is 14.2. The quantitative estimate of drug-likeness (QED) is 0.173. The third kappa shape index (κ3) is 5.45. The van der Waals surface area contributed by atoms with Crippen molar-refractivity contribution in [3.05, 3.63) is 200 Å². The average molecular weight is 704 g/mol. The lowest BCUT2D eigenvalue weighted by molar-refractivity contribution is 0.668. The minimum Gasteiger partial charge on any atom is -0.456 e. The lowest BCUT2D eigenvalue weighted by atomic mass is 9.97. The Labute approximate surface area is 317 Å². The van der Waals surface area contributed by atoms with Gasteiger partial charge in [-0.05, 0) is 117 Å². The first kappa shape index (κ1) is 31.2. The lowest BCUT2D eigenvalue weighted by Gasteiger charge is -2.26. The number of anilines is 3. The van der Waals surface area contributed by atoms with Crippen molar-refractivity contribution in [2.75, 3.05) is 4.90 Å². The maximum atomic E-state index is 6.36. The molecule has 2 aromatic heterocycles. The highest BCUT2D eigenvalue weighted by Gasteiger charge is 2.17. The van der Waals surface area contributed by atoms with Crippen LogP contribution in [-0.4, -0.2) is 0 Å². The Bertz CT molecular complexity index is 3200. The summed E-state index contributed by atoms with van der Waals surface area (Å²) >= 11 is 0. The molecule has 2 heterocycles. The SMILES string of the molecule is c1cc(-c2ccc(N(c3ccc(-c4ccc5c(c4)oc4ccccc45)cc3)c3ccc4c(c3)oc3ccccc34)cc2)cc(-c2ccc3ccccc3c2)c1. The van der Waals surface area contributed by atoms with Crippen LogP contribution in [0.1, 0.15) is 0 Å². The van der Waals surface area contributed by atoms with Crippen LogP contribution in [0, 0.1) is 0 Å². The van der Waals surface area contributed by atoms with Crippen LogP contribution in [0.4, 0.5) is 17.1 Å². The zero-order valence-electron chi connectivity index (χ0n) is 29.8. The average Bonchev–Trinajstić information content (AvgIpc) is 3.82. The van der Waals surface area contributed by atoms with Gasteiger partial charge in [-0.3, -0.25) is 0 Å². The van der Waals surface area contributed by atoms with Crippen LogP contribution in [0.15, 0.2) is 209 Å². The maximum Gasteiger partial charge on any atom is 0.137 e. The molecule has 0 atom stereocenters. The van der Waals surface area contributed by atoms with E-state index in [0.717, 1.165) is 77.6 Å². The summed E-state index contributed by atoms with van der Waals surface area (Å²) in [7, 11) is 0. The molecule has 0 aliphatic rings. The van der Waals surface area contributed by atoms with Crippen molar-refractivity contribution in [1.82, 2.24) is 0 Å². The molecular weight excluding hydrogens is 671 g/mol. The molecule has 0 spiro atoms. The van der Waals surface area contributed by atoms with Gasteiger partial charge in [0.25, 0.3) is 0 Å². The van der Waals surface area contributed by atoms with Gasteiger partial charge in [-0.2, -0.15) is 0 Å². The van der Waals surface area contributed by atoms with Gasteiger partial charge in [-0.15, -0.1) is 0 Å². The van der Waals surface area contributed by atoms with Crippen LogP contribution in [0.25, 0.3) is 88.0 Å². The molecule has 9 aromatic carbocycles. The van der Waals surface area contributed by atoms with Crippen molar-refractivity contribution >= 4 is 71.7 Å². The molecule has 55 heavy (non-hydrogen) atoms. The molecule has 0 fully saturated rings. The predicted octanol–water partition coefficient (Wildman–Crippen LogP) is 15.1. The first-order chi connectivity index (χ1) is 27.2. The van der Waals surface area contributed by atoms with Crippen LogP contribution < -0.4 is 4.90 Å². The second-order valence-corrected chi connectivity index (χ2v) is 14.2. The summed E-state index contributed by atoms with van der Waals surface area (Å²) in [6, 6.07) is 71.1. The molecule has 0 aliphatic carbocycles. The highest BCUT2D eigenvalue weighted by Crippen LogP contribution is 2.41. The molecule has 0 radical (unpaired) electrons. The van der Waals surface area contributed by atoms with Crippen molar-refractivity contribution in [1.29, 1.82) is 0 Å². The van der Waals surface area contributed by atoms with Gasteiger partial charge < -0.3 is 13.7 Å². The fourth-order valence-electron chi connectivity index (χ4n) is 8.06. The molecule has 0 unspecified atom stereocenters. The Hall–Kier alpha value is -7.36. The summed E-state index contributed by atoms with van der Waals surface area (Å²) in [4.78, 5) is 2.30. The molecule has 0 saturated heterocycles. The van der Waals surface area contributed by atoms with E-state index in [1.165, 1.54) is 27.5 Å². The molecule has 11 rings (SSSR count). The van der Waals surface area contributed by atoms with Gasteiger partial charge in [0.2, 0.25) is 0 Å². The Morgan fingerprint density at radius 2 is 0.709 bits per heavy atom. The van der Waals surface area contributed by atoms with Crippen molar-refractivity contribution in [3.8, 4) is 33.4 Å². The van der Waals surface area contributed by atoms with E-state index in [1.54, 1.807) is 0 Å². The topological polar surface area (TPSA) is 29.5 Å². The molecule has 0 amide bonds. The van der Waals surface area contributed by atoms with Crippen molar-refractivity contribution in [2.45, 2.75) is 0 Å². The fourth-order valence-corrected chi connectivity index (χ4v) is 8.06. The summed E-state index contributed by atoms with van der Waals surface area (Å²) < 4.78 is 12.6. The molecular formula is C52H33NO2. The van der Waals surface area contributed by atoms with Crippen LogP contribution in [-0.2, 0) is 0 Å². The Balaban J connectivity index is 0.969. The number of hydrogen-bond donors (Lipinski definition) is 0. The number of hydrogen-bond acceptors (Lipinski definition) is 3. The second kappa shape index (κ2) is 12.6. The molecule has 3 heteroatoms. The van der Waals surface area contributed by atoms with E-state index in [-0.39, 0.29) is 0 Å². The maximum absolute atomic E-state index is 6.36. The van der Waals surface area contributed by atoms with Crippen molar-refractivity contribution < 1.29 is 8.83 Å². The molecule has 0 N–H and O–H groups in total. The molecule has 0 aliphatic heterocycles. The zero-order chi connectivity index (χ0) is 36.3. The van der Waals surface area contributed by atoms with Crippen LogP contribution in [0.3, 0.4) is 0 Å². The van der Waals surface area contributed by atoms with Gasteiger partial charge in [0.1, 0.15) is 22.3 Å². The van der Waals surface area contributed by atoms with Crippen LogP contribution in [0.2, 0.25) is 0 Å². The minimum absolute atomic E-state index is 0.863. The van der Waals surface area contributed by atoms with Crippen molar-refractivity contribution in [3.63, 3.8) is 0 Å². The Morgan fingerprint density at radius 1 is 0.255 bits per heavy atom. The summed E-state index contributed by atoms with van der Waals surface area (Å²) in [6.07, 6.45) is 0. The van der Waals surface area contributed by atoms with E-state index in [9.17, 15) is 0 Å². The van der Waals surface area contributed by atoms with E-state index >= 15 is 0 Å². The van der Waals surface area contributed by atoms with Gasteiger partial charge in [0.15, 0.2) is 0 Å². The smallest absolute Gasteiger partial charge is 0.137 e. The highest BCUT2D eigenvalue weighted by molar-refractivity contribution is 6.07. The molecule has 0 saturated carbocycles. The van der Waals surface area contributed by atoms with Gasteiger partial charge in [-0.1, -0.05) is 121 Å². The number of nitrogens with zero attached hydrogens (tertiary/aromatic N) is 1. The number of rotatable bonds is 6. The molecule has 0 bridgehead atoms. The minimum atomic E-state index is 0.863. The van der Waals surface area contributed by atoms with E-state index in [4.69, 9.17) is 8.83 Å².